The number of thiazole rings is 1. The van der Waals surface area contributed by atoms with Gasteiger partial charge in [-0.1, -0.05) is 12.1 Å². The second kappa shape index (κ2) is 10.9. The number of nitrogens with zero attached hydrogens (tertiary/aromatic N) is 3. The predicted octanol–water partition coefficient (Wildman–Crippen LogP) is 4.51. The fraction of sp³-hybridized carbons (Fsp3) is 0.429. The molecule has 3 aromatic rings. The number of nitrogens with one attached hydrogen (secondary N) is 2. The summed E-state index contributed by atoms with van der Waals surface area (Å²) in [6.45, 7) is 5.70. The zero-order valence-corrected chi connectivity index (χ0v) is 20.8. The van der Waals surface area contributed by atoms with E-state index in [9.17, 15) is 0 Å². The van der Waals surface area contributed by atoms with Crippen LogP contribution in [0, 0.1) is 6.92 Å². The van der Waals surface area contributed by atoms with Gasteiger partial charge in [-0.15, -0.1) is 35.3 Å². The van der Waals surface area contributed by atoms with Crippen LogP contribution in [0.25, 0.3) is 10.9 Å². The number of ether oxygens (including phenoxy) is 1. The Balaban J connectivity index is 0.00000300. The number of benzene rings is 1. The zero-order valence-electron chi connectivity index (χ0n) is 17.7. The van der Waals surface area contributed by atoms with Crippen LogP contribution < -0.4 is 5.32 Å². The first-order valence-electron chi connectivity index (χ1n) is 9.48. The third kappa shape index (κ3) is 5.70. The number of hydrogen-bond donors (Lipinski definition) is 2. The van der Waals surface area contributed by atoms with Gasteiger partial charge in [0.05, 0.1) is 12.2 Å². The maximum atomic E-state index is 5.35. The minimum atomic E-state index is 0. The maximum Gasteiger partial charge on any atom is 0.193 e. The molecule has 0 aliphatic rings. The number of aromatic amines is 1. The van der Waals surface area contributed by atoms with E-state index in [4.69, 9.17) is 4.74 Å². The van der Waals surface area contributed by atoms with Gasteiger partial charge in [0, 0.05) is 50.2 Å². The second-order valence-electron chi connectivity index (χ2n) is 6.95. The third-order valence-electron chi connectivity index (χ3n) is 4.92. The fourth-order valence-electron chi connectivity index (χ4n) is 3.34. The fourth-order valence-corrected chi connectivity index (χ4v) is 4.18. The highest BCUT2D eigenvalue weighted by molar-refractivity contribution is 14.0. The number of fused-ring (bicyclic) bond motifs is 1. The number of aryl methyl sites for hydroxylation is 1. The molecule has 1 unspecified atom stereocenters. The summed E-state index contributed by atoms with van der Waals surface area (Å²) < 4.78 is 5.35. The lowest BCUT2D eigenvalue weighted by molar-refractivity contribution is 0.119. The molecule has 2 aromatic heterocycles. The van der Waals surface area contributed by atoms with Crippen molar-refractivity contribution >= 4 is 52.2 Å². The molecule has 0 bridgehead atoms. The van der Waals surface area contributed by atoms with E-state index >= 15 is 0 Å². The zero-order chi connectivity index (χ0) is 20.1. The molecule has 8 heteroatoms. The summed E-state index contributed by atoms with van der Waals surface area (Å²) in [6, 6.07) is 6.37. The lowest BCUT2D eigenvalue weighted by atomic mass is 10.1. The largest absolute Gasteiger partial charge is 0.375 e. The summed E-state index contributed by atoms with van der Waals surface area (Å²) in [7, 11) is 5.55. The van der Waals surface area contributed by atoms with Crippen LogP contribution in [0.3, 0.4) is 0 Å². The Morgan fingerprint density at radius 1 is 1.41 bits per heavy atom. The van der Waals surface area contributed by atoms with Gasteiger partial charge in [0.25, 0.3) is 0 Å². The number of aromatic nitrogens is 2. The average Bonchev–Trinajstić information content (AvgIpc) is 3.32. The van der Waals surface area contributed by atoms with Crippen molar-refractivity contribution < 1.29 is 4.74 Å². The van der Waals surface area contributed by atoms with Crippen molar-refractivity contribution in [2.24, 2.45) is 4.99 Å². The van der Waals surface area contributed by atoms with E-state index in [0.717, 1.165) is 29.6 Å². The highest BCUT2D eigenvalue weighted by Crippen LogP contribution is 2.22. The summed E-state index contributed by atoms with van der Waals surface area (Å²) in [6.07, 6.45) is 3.07. The number of hydrogen-bond acceptors (Lipinski definition) is 4. The molecule has 1 aromatic carbocycles. The van der Waals surface area contributed by atoms with Gasteiger partial charge < -0.3 is 19.9 Å². The first-order chi connectivity index (χ1) is 13.5. The second-order valence-corrected chi connectivity index (χ2v) is 7.84. The average molecular weight is 527 g/mol. The molecule has 0 radical (unpaired) electrons. The highest BCUT2D eigenvalue weighted by Gasteiger charge is 2.13. The normalized spacial score (nSPS) is 12.7. The van der Waals surface area contributed by atoms with Crippen molar-refractivity contribution in [3.8, 4) is 0 Å². The van der Waals surface area contributed by atoms with E-state index in [-0.39, 0.29) is 30.1 Å². The molecule has 6 nitrogen and oxygen atoms in total. The van der Waals surface area contributed by atoms with Crippen molar-refractivity contribution in [2.75, 3.05) is 27.7 Å². The Labute approximate surface area is 193 Å². The number of rotatable bonds is 7. The van der Waals surface area contributed by atoms with Gasteiger partial charge in [-0.25, -0.2) is 4.98 Å². The van der Waals surface area contributed by atoms with E-state index < -0.39 is 0 Å². The maximum absolute atomic E-state index is 5.35. The van der Waals surface area contributed by atoms with Gasteiger partial charge in [-0.3, -0.25) is 4.99 Å². The van der Waals surface area contributed by atoms with Crippen molar-refractivity contribution in [1.29, 1.82) is 0 Å². The van der Waals surface area contributed by atoms with Crippen molar-refractivity contribution in [2.45, 2.75) is 32.9 Å². The molecule has 0 spiro atoms. The minimum absolute atomic E-state index is 0. The van der Waals surface area contributed by atoms with Crippen LogP contribution >= 0.6 is 35.3 Å². The standard InChI is InChI=1S/C21H29N5OS.HI/c1-14-7-6-8-18-19(14)16(11-24-18)9-10-23-21(22-3)26(4)12-17-13-28-20(25-17)15(2)27-5;/h6-8,11,13,15,24H,9-10,12H2,1-5H3,(H,22,23);1H. The molecular formula is C21H30IN5OS. The Bertz CT molecular complexity index is 952. The van der Waals surface area contributed by atoms with E-state index in [1.165, 1.54) is 22.0 Å². The van der Waals surface area contributed by atoms with Gasteiger partial charge in [0.15, 0.2) is 5.96 Å². The summed E-state index contributed by atoms with van der Waals surface area (Å²) in [5.41, 5.74) is 4.86. The summed E-state index contributed by atoms with van der Waals surface area (Å²) >= 11 is 1.64. The molecule has 158 valence electrons. The van der Waals surface area contributed by atoms with Crippen LogP contribution in [0.2, 0.25) is 0 Å². The summed E-state index contributed by atoms with van der Waals surface area (Å²) in [5, 5.41) is 7.88. The number of methoxy groups -OCH3 is 1. The Morgan fingerprint density at radius 2 is 2.21 bits per heavy atom. The molecule has 3 rings (SSSR count). The Hall–Kier alpha value is -1.65. The minimum Gasteiger partial charge on any atom is -0.375 e. The molecule has 2 heterocycles. The van der Waals surface area contributed by atoms with Gasteiger partial charge in [0.1, 0.15) is 11.1 Å². The van der Waals surface area contributed by atoms with Crippen molar-refractivity contribution in [3.05, 3.63) is 51.6 Å². The van der Waals surface area contributed by atoms with Crippen LogP contribution in [-0.4, -0.2) is 48.6 Å². The number of aliphatic imine (C=N–C) groups is 1. The van der Waals surface area contributed by atoms with Gasteiger partial charge in [0.2, 0.25) is 0 Å². The highest BCUT2D eigenvalue weighted by atomic mass is 127. The van der Waals surface area contributed by atoms with Crippen LogP contribution in [0.1, 0.15) is 34.9 Å². The van der Waals surface area contributed by atoms with E-state index in [0.29, 0.717) is 6.54 Å². The van der Waals surface area contributed by atoms with Gasteiger partial charge in [-0.2, -0.15) is 0 Å². The van der Waals surface area contributed by atoms with Gasteiger partial charge in [-0.05, 0) is 37.5 Å². The molecule has 0 aliphatic heterocycles. The molecule has 0 saturated carbocycles. The summed E-state index contributed by atoms with van der Waals surface area (Å²) in [4.78, 5) is 14.5. The Morgan fingerprint density at radius 3 is 2.93 bits per heavy atom. The lowest BCUT2D eigenvalue weighted by Gasteiger charge is -2.21. The molecule has 29 heavy (non-hydrogen) atoms. The molecule has 0 fully saturated rings. The molecule has 0 aliphatic carbocycles. The van der Waals surface area contributed by atoms with E-state index in [2.05, 4.69) is 61.9 Å². The van der Waals surface area contributed by atoms with E-state index in [1.54, 1.807) is 18.4 Å². The van der Waals surface area contributed by atoms with Gasteiger partial charge >= 0.3 is 0 Å². The van der Waals surface area contributed by atoms with E-state index in [1.807, 2.05) is 21.0 Å². The number of guanidine groups is 1. The van der Waals surface area contributed by atoms with Crippen LogP contribution in [-0.2, 0) is 17.7 Å². The van der Waals surface area contributed by atoms with Crippen molar-refractivity contribution in [3.63, 3.8) is 0 Å². The van der Waals surface area contributed by atoms with Crippen LogP contribution in [0.15, 0.2) is 34.8 Å². The third-order valence-corrected chi connectivity index (χ3v) is 5.97. The molecule has 2 N–H and O–H groups in total. The van der Waals surface area contributed by atoms with Crippen molar-refractivity contribution in [1.82, 2.24) is 20.2 Å². The topological polar surface area (TPSA) is 65.5 Å². The van der Waals surface area contributed by atoms with Crippen LogP contribution in [0.4, 0.5) is 0 Å². The molecule has 0 saturated heterocycles. The predicted molar refractivity (Wildman–Crippen MR) is 133 cm³/mol. The monoisotopic (exact) mass is 527 g/mol. The molecule has 1 atom stereocenters. The molecular weight excluding hydrogens is 497 g/mol. The number of H-pyrrole nitrogens is 1. The first-order valence-corrected chi connectivity index (χ1v) is 10.4. The smallest absolute Gasteiger partial charge is 0.193 e. The Kier molecular flexibility index (Phi) is 8.91. The quantitative estimate of drug-likeness (QED) is 0.270. The lowest BCUT2D eigenvalue weighted by Crippen LogP contribution is -2.39. The number of halogens is 1. The first kappa shape index (κ1) is 23.6. The SMILES string of the molecule is CN=C(NCCc1c[nH]c2cccc(C)c12)N(C)Cc1csc(C(C)OC)n1.I. The summed E-state index contributed by atoms with van der Waals surface area (Å²) in [5.74, 6) is 0.867. The molecule has 0 amide bonds. The van der Waals surface area contributed by atoms with Crippen LogP contribution in [0.5, 0.6) is 0 Å².